The summed E-state index contributed by atoms with van der Waals surface area (Å²) in [4.78, 5) is 0. The lowest BCUT2D eigenvalue weighted by molar-refractivity contribution is 0.392. The van der Waals surface area contributed by atoms with Crippen LogP contribution in [-0.2, 0) is 0 Å². The molecule has 0 heterocycles. The summed E-state index contributed by atoms with van der Waals surface area (Å²) in [5, 5.41) is 0.0761. The Balaban J connectivity index is 2.50. The summed E-state index contributed by atoms with van der Waals surface area (Å²) >= 11 is 16.4. The van der Waals surface area contributed by atoms with Crippen molar-refractivity contribution in [1.29, 1.82) is 0 Å². The number of hydrogen-bond donors (Lipinski definition) is 0. The van der Waals surface area contributed by atoms with Gasteiger partial charge in [-0.1, -0.05) is 39.7 Å². The normalized spacial score (nSPS) is 12.1. The molecular formula is C16H15BrCl2O2. The van der Waals surface area contributed by atoms with Gasteiger partial charge in [0.2, 0.25) is 0 Å². The van der Waals surface area contributed by atoms with Crippen molar-refractivity contribution in [2.75, 3.05) is 14.2 Å². The van der Waals surface area contributed by atoms with Crippen LogP contribution in [0.1, 0.15) is 22.1 Å². The molecule has 112 valence electrons. The van der Waals surface area contributed by atoms with Gasteiger partial charge in [0, 0.05) is 10.0 Å². The van der Waals surface area contributed by atoms with Crippen molar-refractivity contribution >= 4 is 39.1 Å². The van der Waals surface area contributed by atoms with Crippen molar-refractivity contribution in [3.8, 4) is 11.5 Å². The van der Waals surface area contributed by atoms with Gasteiger partial charge in [0.05, 0.1) is 19.6 Å². The topological polar surface area (TPSA) is 18.5 Å². The molecule has 1 unspecified atom stereocenters. The number of rotatable bonds is 4. The minimum Gasteiger partial charge on any atom is -0.495 e. The molecular weight excluding hydrogens is 375 g/mol. The van der Waals surface area contributed by atoms with Crippen LogP contribution in [0.4, 0.5) is 0 Å². The summed E-state index contributed by atoms with van der Waals surface area (Å²) in [6.45, 7) is 2.02. The molecule has 0 fully saturated rings. The Kier molecular flexibility index (Phi) is 5.42. The van der Waals surface area contributed by atoms with Crippen LogP contribution in [-0.4, -0.2) is 14.2 Å². The summed E-state index contributed by atoms with van der Waals surface area (Å²) in [5.74, 6) is 1.10. The number of hydrogen-bond acceptors (Lipinski definition) is 2. The monoisotopic (exact) mass is 388 g/mol. The lowest BCUT2D eigenvalue weighted by Gasteiger charge is -2.17. The molecule has 0 saturated carbocycles. The van der Waals surface area contributed by atoms with Crippen LogP contribution in [0, 0.1) is 6.92 Å². The van der Waals surface area contributed by atoms with Crippen LogP contribution in [0.2, 0.25) is 5.02 Å². The molecule has 0 N–H and O–H groups in total. The Morgan fingerprint density at radius 2 is 1.81 bits per heavy atom. The van der Waals surface area contributed by atoms with Gasteiger partial charge >= 0.3 is 0 Å². The molecule has 0 saturated heterocycles. The molecule has 0 spiro atoms. The first-order valence-electron chi connectivity index (χ1n) is 6.30. The Hall–Kier alpha value is -0.900. The zero-order valence-corrected chi connectivity index (χ0v) is 15.0. The smallest absolute Gasteiger partial charge is 0.146 e. The van der Waals surface area contributed by atoms with E-state index in [0.29, 0.717) is 16.5 Å². The third-order valence-corrected chi connectivity index (χ3v) is 5.00. The van der Waals surface area contributed by atoms with Gasteiger partial charge in [-0.25, -0.2) is 0 Å². The molecule has 1 atom stereocenters. The highest BCUT2D eigenvalue weighted by atomic mass is 79.9. The average molecular weight is 390 g/mol. The highest BCUT2D eigenvalue weighted by Gasteiger charge is 2.20. The predicted octanol–water partition coefficient (Wildman–Crippen LogP) is 5.76. The lowest BCUT2D eigenvalue weighted by Crippen LogP contribution is -2.00. The summed E-state index contributed by atoms with van der Waals surface area (Å²) in [7, 11) is 3.14. The van der Waals surface area contributed by atoms with Gasteiger partial charge in [-0.3, -0.25) is 0 Å². The van der Waals surface area contributed by atoms with Crippen molar-refractivity contribution in [3.05, 3.63) is 56.5 Å². The van der Waals surface area contributed by atoms with Crippen LogP contribution in [0.5, 0.6) is 11.5 Å². The Morgan fingerprint density at radius 3 is 2.38 bits per heavy atom. The van der Waals surface area contributed by atoms with Gasteiger partial charge in [-0.05, 0) is 36.2 Å². The van der Waals surface area contributed by atoms with E-state index in [2.05, 4.69) is 15.9 Å². The van der Waals surface area contributed by atoms with Crippen LogP contribution < -0.4 is 9.47 Å². The molecule has 2 aromatic carbocycles. The summed E-state index contributed by atoms with van der Waals surface area (Å²) in [5.41, 5.74) is 2.92. The number of halogens is 3. The van der Waals surface area contributed by atoms with Crippen molar-refractivity contribution in [2.24, 2.45) is 0 Å². The second-order valence-corrected chi connectivity index (χ2v) is 6.24. The molecule has 2 nitrogen and oxygen atoms in total. The molecule has 5 heteroatoms. The first-order valence-corrected chi connectivity index (χ1v) is 7.90. The number of alkyl halides is 1. The van der Waals surface area contributed by atoms with Gasteiger partial charge in [0.1, 0.15) is 16.5 Å². The molecule has 0 radical (unpaired) electrons. The second-order valence-electron chi connectivity index (χ2n) is 4.58. The summed E-state index contributed by atoms with van der Waals surface area (Å²) in [6.07, 6.45) is 0. The number of benzene rings is 2. The highest BCUT2D eigenvalue weighted by Crippen LogP contribution is 2.43. The van der Waals surface area contributed by atoms with E-state index in [-0.39, 0.29) is 5.38 Å². The number of aryl methyl sites for hydroxylation is 1. The van der Waals surface area contributed by atoms with Gasteiger partial charge in [0.25, 0.3) is 0 Å². The second kappa shape index (κ2) is 6.91. The van der Waals surface area contributed by atoms with Crippen LogP contribution in [0.15, 0.2) is 34.8 Å². The van der Waals surface area contributed by atoms with E-state index in [4.69, 9.17) is 32.7 Å². The van der Waals surface area contributed by atoms with E-state index in [1.54, 1.807) is 20.3 Å². The first kappa shape index (κ1) is 16.5. The van der Waals surface area contributed by atoms with Crippen LogP contribution in [0.3, 0.4) is 0 Å². The molecule has 0 aliphatic carbocycles. The maximum Gasteiger partial charge on any atom is 0.146 e. The van der Waals surface area contributed by atoms with Crippen LogP contribution >= 0.6 is 39.1 Å². The minimum absolute atomic E-state index is 0.352. The quantitative estimate of drug-likeness (QED) is 0.619. The molecule has 0 amide bonds. The maximum absolute atomic E-state index is 6.61. The molecule has 21 heavy (non-hydrogen) atoms. The number of methoxy groups -OCH3 is 2. The van der Waals surface area contributed by atoms with Gasteiger partial charge in [-0.15, -0.1) is 11.6 Å². The van der Waals surface area contributed by atoms with E-state index in [0.717, 1.165) is 21.2 Å². The summed E-state index contributed by atoms with van der Waals surface area (Å²) in [6, 6.07) is 9.67. The Bertz CT molecular complexity index is 659. The van der Waals surface area contributed by atoms with E-state index in [9.17, 15) is 0 Å². The van der Waals surface area contributed by atoms with E-state index in [1.165, 1.54) is 0 Å². The first-order chi connectivity index (χ1) is 9.99. The van der Waals surface area contributed by atoms with Crippen molar-refractivity contribution in [1.82, 2.24) is 0 Å². The molecule has 2 aromatic rings. The highest BCUT2D eigenvalue weighted by molar-refractivity contribution is 9.10. The summed E-state index contributed by atoms with van der Waals surface area (Å²) < 4.78 is 11.7. The molecule has 2 rings (SSSR count). The van der Waals surface area contributed by atoms with Crippen molar-refractivity contribution in [2.45, 2.75) is 12.3 Å². The van der Waals surface area contributed by atoms with E-state index in [1.807, 2.05) is 31.2 Å². The zero-order chi connectivity index (χ0) is 15.6. The van der Waals surface area contributed by atoms with E-state index < -0.39 is 0 Å². The largest absolute Gasteiger partial charge is 0.495 e. The zero-order valence-electron chi connectivity index (χ0n) is 11.9. The molecule has 0 aliphatic rings. The Labute approximate surface area is 143 Å². The molecule has 0 bridgehead atoms. The molecule has 0 aromatic heterocycles. The fourth-order valence-corrected chi connectivity index (χ4v) is 3.00. The van der Waals surface area contributed by atoms with Crippen molar-refractivity contribution in [3.63, 3.8) is 0 Å². The number of ether oxygens (including phenoxy) is 2. The SMILES string of the molecule is COc1ccc(C(Cl)c2ccc(Br)c(C)c2)c(OC)c1Cl. The van der Waals surface area contributed by atoms with Gasteiger partial charge in [0.15, 0.2) is 0 Å². The van der Waals surface area contributed by atoms with Gasteiger partial charge < -0.3 is 9.47 Å². The third-order valence-electron chi connectivity index (χ3n) is 3.26. The average Bonchev–Trinajstić information content (AvgIpc) is 2.49. The van der Waals surface area contributed by atoms with Gasteiger partial charge in [-0.2, -0.15) is 0 Å². The van der Waals surface area contributed by atoms with Crippen LogP contribution in [0.25, 0.3) is 0 Å². The lowest BCUT2D eigenvalue weighted by atomic mass is 10.0. The fourth-order valence-electron chi connectivity index (χ4n) is 2.12. The van der Waals surface area contributed by atoms with Crippen molar-refractivity contribution < 1.29 is 9.47 Å². The Morgan fingerprint density at radius 1 is 1.10 bits per heavy atom. The minimum atomic E-state index is -0.352. The third kappa shape index (κ3) is 3.31. The molecule has 0 aliphatic heterocycles. The van der Waals surface area contributed by atoms with E-state index >= 15 is 0 Å². The fraction of sp³-hybridized carbons (Fsp3) is 0.250. The maximum atomic E-state index is 6.61. The standard InChI is InChI=1S/C16H15BrCl2O2/c1-9-8-10(4-6-12(9)17)14(18)11-5-7-13(20-2)15(19)16(11)21-3/h4-8,14H,1-3H3. The predicted molar refractivity (Wildman–Crippen MR) is 91.1 cm³/mol.